The zero-order valence-corrected chi connectivity index (χ0v) is 70.2. The second kappa shape index (κ2) is 82.6. The van der Waals surface area contributed by atoms with Crippen molar-refractivity contribution in [2.45, 2.75) is 360 Å². The number of unbranched alkanes of at least 4 members (excludes halogenated alkanes) is 31. The minimum Gasteiger partial charge on any atom is -0.463 e. The zero-order valence-electron chi connectivity index (χ0n) is 68.4. The minimum atomic E-state index is -4.93. The van der Waals surface area contributed by atoms with E-state index in [-0.39, 0.29) is 19.3 Å². The smallest absolute Gasteiger partial charge is 0.463 e. The Kier molecular flexibility index (Phi) is 79.0. The van der Waals surface area contributed by atoms with E-state index in [9.17, 15) is 43.5 Å². The zero-order chi connectivity index (χ0) is 79.4. The average molecular weight is 1570 g/mol. The van der Waals surface area contributed by atoms with Crippen LogP contribution < -0.4 is 0 Å². The maximum absolute atomic E-state index is 12.9. The van der Waals surface area contributed by atoms with Gasteiger partial charge in [0.25, 0.3) is 0 Å². The van der Waals surface area contributed by atoms with Gasteiger partial charge in [0.05, 0.1) is 26.4 Å². The van der Waals surface area contributed by atoms with Crippen LogP contribution in [0.3, 0.4) is 0 Å². The highest BCUT2D eigenvalue weighted by Gasteiger charge is 2.29. The van der Waals surface area contributed by atoms with E-state index < -0.39 is 91.5 Å². The molecule has 0 aromatic heterocycles. The highest BCUT2D eigenvalue weighted by molar-refractivity contribution is 7.47. The topological polar surface area (TPSA) is 231 Å². The van der Waals surface area contributed by atoms with Crippen LogP contribution in [0.25, 0.3) is 0 Å². The van der Waals surface area contributed by atoms with Crippen molar-refractivity contribution in [3.05, 3.63) is 158 Å². The van der Waals surface area contributed by atoms with Crippen molar-refractivity contribution in [2.75, 3.05) is 39.6 Å². The molecule has 0 spiro atoms. The number of esters is 3. The van der Waals surface area contributed by atoms with E-state index in [1.165, 1.54) is 109 Å². The number of rotatable bonds is 80. The van der Waals surface area contributed by atoms with Crippen LogP contribution in [0.4, 0.5) is 0 Å². The average Bonchev–Trinajstić information content (AvgIpc) is 0.836. The summed E-state index contributed by atoms with van der Waals surface area (Å²) in [5.74, 6) is -1.59. The van der Waals surface area contributed by atoms with Gasteiger partial charge in [0.2, 0.25) is 0 Å². The fourth-order valence-corrected chi connectivity index (χ4v) is 12.9. The lowest BCUT2D eigenvalue weighted by Crippen LogP contribution is -2.30. The Balaban J connectivity index is 4.39. The van der Waals surface area contributed by atoms with Crippen molar-refractivity contribution in [1.29, 1.82) is 0 Å². The molecule has 624 valence electrons. The van der Waals surface area contributed by atoms with Crippen molar-refractivity contribution in [1.82, 2.24) is 0 Å². The Hall–Kier alpha value is -4.83. The number of phosphoric ester groups is 2. The second-order valence-corrected chi connectivity index (χ2v) is 31.1. The van der Waals surface area contributed by atoms with E-state index in [4.69, 9.17) is 32.3 Å². The van der Waals surface area contributed by atoms with Crippen molar-refractivity contribution >= 4 is 33.6 Å². The first-order chi connectivity index (χ1) is 53.2. The van der Waals surface area contributed by atoms with Crippen LogP contribution in [0.2, 0.25) is 0 Å². The predicted octanol–water partition coefficient (Wildman–Crippen LogP) is 25.8. The van der Waals surface area contributed by atoms with E-state index in [0.717, 1.165) is 173 Å². The third kappa shape index (κ3) is 83.9. The monoisotopic (exact) mass is 1570 g/mol. The van der Waals surface area contributed by atoms with E-state index in [1.807, 2.05) is 0 Å². The summed E-state index contributed by atoms with van der Waals surface area (Å²) >= 11 is 0. The summed E-state index contributed by atoms with van der Waals surface area (Å²) in [6.07, 6.45) is 105. The van der Waals surface area contributed by atoms with Crippen molar-refractivity contribution < 1.29 is 75.8 Å². The van der Waals surface area contributed by atoms with Crippen LogP contribution in [0, 0.1) is 0 Å². The number of aliphatic hydroxyl groups excluding tert-OH is 2. The van der Waals surface area contributed by atoms with Gasteiger partial charge in [0.15, 0.2) is 6.10 Å². The molecule has 0 aromatic carbocycles. The Morgan fingerprint density at radius 1 is 0.266 bits per heavy atom. The van der Waals surface area contributed by atoms with E-state index in [2.05, 4.69) is 179 Å². The molecule has 0 radical (unpaired) electrons. The molecule has 18 heteroatoms. The van der Waals surface area contributed by atoms with Gasteiger partial charge >= 0.3 is 33.6 Å². The van der Waals surface area contributed by atoms with Crippen LogP contribution in [-0.4, -0.2) is 95.9 Å². The first kappa shape index (κ1) is 104. The van der Waals surface area contributed by atoms with E-state index in [1.54, 1.807) is 0 Å². The van der Waals surface area contributed by atoms with Gasteiger partial charge in [-0.15, -0.1) is 0 Å². The fourth-order valence-electron chi connectivity index (χ4n) is 11.3. The molecule has 0 bridgehead atoms. The summed E-state index contributed by atoms with van der Waals surface area (Å²) in [6.45, 7) is 2.41. The number of phosphoric acid groups is 2. The Morgan fingerprint density at radius 2 is 0.486 bits per heavy atom. The molecule has 0 aliphatic heterocycles. The van der Waals surface area contributed by atoms with E-state index >= 15 is 0 Å². The first-order valence-corrected chi connectivity index (χ1v) is 45.8. The van der Waals surface area contributed by atoms with Crippen LogP contribution in [0.5, 0.6) is 0 Å². The quantitative estimate of drug-likeness (QED) is 0.0146. The highest BCUT2D eigenvalue weighted by atomic mass is 31.2. The SMILES string of the molecule is CC/C=C\C/C=C\C/C=C\C/C=C\C/C=C\C/C=C\CCCCCCCCCCCCCCCCC(=O)OCC(O)COP(=O)(O)OCC(O)COP(=O)(O)OCC(COC(=O)CCCCCCCCCCCC/C=C\C/C=C\C/C=C\C/C=C\C/C=C\C/C=C\CC)OC(=O)CCCCCCC/C=C\CCCC. The number of allylic oxidation sites excluding steroid dienone is 26. The number of hydrogen-bond acceptors (Lipinski definition) is 14. The number of hydrogen-bond donors (Lipinski definition) is 4. The summed E-state index contributed by atoms with van der Waals surface area (Å²) in [5.41, 5.74) is 0. The Morgan fingerprint density at radius 3 is 0.780 bits per heavy atom. The number of aliphatic hydroxyl groups is 2. The lowest BCUT2D eigenvalue weighted by Gasteiger charge is -2.21. The lowest BCUT2D eigenvalue weighted by molar-refractivity contribution is -0.161. The standard InChI is InChI=1S/C91H154O16P2/c1-4-7-10-13-16-19-22-24-26-28-30-32-34-36-38-40-41-42-43-45-47-48-50-52-54-56-58-60-63-65-68-71-74-77-89(94)101-80-86(92)81-103-108(97,98)104-82-87(93)83-105-109(99,100)106-85-88(107-91(96)79-76-73-70-67-62-21-18-15-12-9-6-3)84-102-90(95)78-75-72-69-66-64-61-59-57-55-53-51-49-46-44-39-37-35-33-31-29-27-25-23-20-17-14-11-8-5-2/h7-8,10-11,15-20,24-27,30-33,36-39,41-42,46,49,86-88,92-93H,4-6,9,12-14,21-23,28-29,34-35,40,43-45,47-48,50-85H2,1-3H3,(H,97,98)(H,99,100)/b10-7-,11-8-,18-15-,19-16-,20-17-,26-24-,27-25-,32-30-,33-31-,38-36-,39-37-,42-41-,49-46-. The number of carbonyl (C=O) groups is 3. The number of ether oxygens (including phenoxy) is 3. The Labute approximate surface area is 663 Å². The summed E-state index contributed by atoms with van der Waals surface area (Å²) < 4.78 is 61.2. The fraction of sp³-hybridized carbons (Fsp3) is 0.681. The van der Waals surface area contributed by atoms with E-state index in [0.29, 0.717) is 19.3 Å². The van der Waals surface area contributed by atoms with Gasteiger partial charge in [-0.1, -0.05) is 339 Å². The van der Waals surface area contributed by atoms with Crippen molar-refractivity contribution in [3.63, 3.8) is 0 Å². The van der Waals surface area contributed by atoms with Crippen LogP contribution in [-0.2, 0) is 55.8 Å². The maximum Gasteiger partial charge on any atom is 0.472 e. The van der Waals surface area contributed by atoms with Crippen molar-refractivity contribution in [2.24, 2.45) is 0 Å². The van der Waals surface area contributed by atoms with Gasteiger partial charge < -0.3 is 34.2 Å². The molecule has 0 heterocycles. The molecule has 109 heavy (non-hydrogen) atoms. The molecule has 4 N–H and O–H groups in total. The van der Waals surface area contributed by atoms with Crippen LogP contribution >= 0.6 is 15.6 Å². The van der Waals surface area contributed by atoms with Crippen LogP contribution in [0.15, 0.2) is 158 Å². The van der Waals surface area contributed by atoms with Gasteiger partial charge in [-0.25, -0.2) is 9.13 Å². The van der Waals surface area contributed by atoms with Gasteiger partial charge in [-0.05, 0) is 141 Å². The summed E-state index contributed by atoms with van der Waals surface area (Å²) in [4.78, 5) is 58.7. The predicted molar refractivity (Wildman–Crippen MR) is 454 cm³/mol. The summed E-state index contributed by atoms with van der Waals surface area (Å²) in [6, 6.07) is 0. The minimum absolute atomic E-state index is 0.0906. The molecule has 0 saturated heterocycles. The maximum atomic E-state index is 12.9. The molecule has 0 saturated carbocycles. The first-order valence-electron chi connectivity index (χ1n) is 42.8. The molecular weight excluding hydrogens is 1410 g/mol. The van der Waals surface area contributed by atoms with Crippen molar-refractivity contribution in [3.8, 4) is 0 Å². The lowest BCUT2D eigenvalue weighted by atomic mass is 10.0. The third-order valence-electron chi connectivity index (χ3n) is 17.7. The summed E-state index contributed by atoms with van der Waals surface area (Å²) in [5, 5.41) is 20.7. The highest BCUT2D eigenvalue weighted by Crippen LogP contribution is 2.45. The molecule has 0 aliphatic carbocycles. The molecule has 16 nitrogen and oxygen atoms in total. The third-order valence-corrected chi connectivity index (χ3v) is 19.6. The molecule has 0 amide bonds. The molecule has 5 atom stereocenters. The van der Waals surface area contributed by atoms with Gasteiger partial charge in [0.1, 0.15) is 25.4 Å². The molecule has 5 unspecified atom stereocenters. The van der Waals surface area contributed by atoms with Crippen LogP contribution in [0.1, 0.15) is 342 Å². The second-order valence-electron chi connectivity index (χ2n) is 28.2. The number of carbonyl (C=O) groups excluding carboxylic acids is 3. The molecule has 0 fully saturated rings. The summed E-state index contributed by atoms with van der Waals surface area (Å²) in [7, 11) is -9.80. The normalized spacial score (nSPS) is 14.7. The molecule has 0 aliphatic rings. The van der Waals surface area contributed by atoms with Gasteiger partial charge in [0, 0.05) is 19.3 Å². The van der Waals surface area contributed by atoms with Gasteiger partial charge in [-0.3, -0.25) is 32.5 Å². The largest absolute Gasteiger partial charge is 0.472 e. The molecule has 0 rings (SSSR count). The molecular formula is C91H154O16P2. The van der Waals surface area contributed by atoms with Gasteiger partial charge in [-0.2, -0.15) is 0 Å². The Bertz CT molecular complexity index is 2610. The molecule has 0 aromatic rings.